The lowest BCUT2D eigenvalue weighted by Crippen LogP contribution is -2.34. The van der Waals surface area contributed by atoms with Gasteiger partial charge in [0, 0.05) is 13.1 Å². The van der Waals surface area contributed by atoms with Gasteiger partial charge in [-0.05, 0) is 37.4 Å². The minimum Gasteiger partial charge on any atom is -0.303 e. The van der Waals surface area contributed by atoms with Gasteiger partial charge in [0.2, 0.25) is 20.0 Å². The van der Waals surface area contributed by atoms with Crippen LogP contribution in [0, 0.1) is 0 Å². The van der Waals surface area contributed by atoms with Crippen LogP contribution in [0.15, 0.2) is 34.1 Å². The maximum atomic E-state index is 12.0. The van der Waals surface area contributed by atoms with Crippen molar-refractivity contribution in [3.63, 3.8) is 0 Å². The zero-order valence-electron chi connectivity index (χ0n) is 12.1. The predicted octanol–water partition coefficient (Wildman–Crippen LogP) is -0.0459. The van der Waals surface area contributed by atoms with Crippen LogP contribution < -0.4 is 9.86 Å². The van der Waals surface area contributed by atoms with E-state index in [-0.39, 0.29) is 9.79 Å². The average molecular weight is 335 g/mol. The number of benzene rings is 1. The number of hydrogen-bond donors (Lipinski definition) is 2. The molecule has 0 fully saturated rings. The molecule has 0 unspecified atom stereocenters. The number of primary sulfonamides is 1. The zero-order valence-corrected chi connectivity index (χ0v) is 13.7. The van der Waals surface area contributed by atoms with Gasteiger partial charge in [0.15, 0.2) is 0 Å². The quantitative estimate of drug-likeness (QED) is 0.692. The maximum absolute atomic E-state index is 12.0. The second kappa shape index (κ2) is 7.32. The number of rotatable bonds is 8. The molecule has 0 radical (unpaired) electrons. The number of nitrogens with zero attached hydrogens (tertiary/aromatic N) is 1. The van der Waals surface area contributed by atoms with Crippen molar-refractivity contribution in [2.45, 2.75) is 23.6 Å². The summed E-state index contributed by atoms with van der Waals surface area (Å²) in [6, 6.07) is 4.79. The highest BCUT2D eigenvalue weighted by Gasteiger charge is 2.15. The smallest absolute Gasteiger partial charge is 0.240 e. The van der Waals surface area contributed by atoms with E-state index in [0.29, 0.717) is 13.1 Å². The van der Waals surface area contributed by atoms with E-state index in [4.69, 9.17) is 5.14 Å². The normalized spacial score (nSPS) is 12.8. The molecule has 9 heteroatoms. The topological polar surface area (TPSA) is 110 Å². The lowest BCUT2D eigenvalue weighted by Gasteiger charge is -2.18. The molecule has 21 heavy (non-hydrogen) atoms. The highest BCUT2D eigenvalue weighted by Crippen LogP contribution is 2.13. The van der Waals surface area contributed by atoms with Crippen LogP contribution in [0.25, 0.3) is 0 Å². The van der Waals surface area contributed by atoms with Crippen LogP contribution in [-0.4, -0.2) is 47.9 Å². The molecule has 120 valence electrons. The average Bonchev–Trinajstić information content (AvgIpc) is 2.43. The Morgan fingerprint density at radius 2 is 1.48 bits per heavy atom. The summed E-state index contributed by atoms with van der Waals surface area (Å²) in [4.78, 5) is 1.98. The Bertz CT molecular complexity index is 650. The van der Waals surface area contributed by atoms with Gasteiger partial charge in [-0.15, -0.1) is 0 Å². The van der Waals surface area contributed by atoms with Crippen LogP contribution in [0.4, 0.5) is 0 Å². The third-order valence-electron chi connectivity index (χ3n) is 3.08. The molecule has 0 aliphatic rings. The molecule has 0 aromatic heterocycles. The van der Waals surface area contributed by atoms with Gasteiger partial charge < -0.3 is 4.90 Å². The summed E-state index contributed by atoms with van der Waals surface area (Å²) < 4.78 is 48.8. The van der Waals surface area contributed by atoms with E-state index < -0.39 is 20.0 Å². The first-order valence-corrected chi connectivity index (χ1v) is 9.58. The van der Waals surface area contributed by atoms with Crippen LogP contribution >= 0.6 is 0 Å². The Balaban J connectivity index is 2.75. The van der Waals surface area contributed by atoms with Crippen molar-refractivity contribution in [3.8, 4) is 0 Å². The Morgan fingerprint density at radius 3 is 1.90 bits per heavy atom. The fourth-order valence-electron chi connectivity index (χ4n) is 1.77. The predicted molar refractivity (Wildman–Crippen MR) is 80.8 cm³/mol. The molecular weight excluding hydrogens is 314 g/mol. The molecular formula is C12H21N3O4S2. The molecule has 0 aliphatic heterocycles. The van der Waals surface area contributed by atoms with E-state index in [2.05, 4.69) is 9.62 Å². The molecule has 0 saturated heterocycles. The molecule has 1 rings (SSSR count). The molecule has 1 aromatic carbocycles. The third kappa shape index (κ3) is 5.36. The monoisotopic (exact) mass is 335 g/mol. The Labute approximate surface area is 126 Å². The zero-order chi connectivity index (χ0) is 16.1. The third-order valence-corrected chi connectivity index (χ3v) is 5.48. The van der Waals surface area contributed by atoms with E-state index in [0.717, 1.165) is 13.1 Å². The summed E-state index contributed by atoms with van der Waals surface area (Å²) in [5.74, 6) is 0. The second-order valence-corrected chi connectivity index (χ2v) is 7.77. The summed E-state index contributed by atoms with van der Waals surface area (Å²) in [5.41, 5.74) is 0. The van der Waals surface area contributed by atoms with Crippen LogP contribution in [0.5, 0.6) is 0 Å². The van der Waals surface area contributed by atoms with Crippen molar-refractivity contribution >= 4 is 20.0 Å². The van der Waals surface area contributed by atoms with Crippen molar-refractivity contribution in [2.75, 3.05) is 26.2 Å². The van der Waals surface area contributed by atoms with Crippen molar-refractivity contribution in [1.82, 2.24) is 9.62 Å². The number of hydrogen-bond acceptors (Lipinski definition) is 5. The van der Waals surface area contributed by atoms with Gasteiger partial charge in [0.1, 0.15) is 0 Å². The second-order valence-electron chi connectivity index (χ2n) is 4.44. The van der Waals surface area contributed by atoms with Gasteiger partial charge in [-0.25, -0.2) is 26.7 Å². The van der Waals surface area contributed by atoms with Crippen molar-refractivity contribution in [2.24, 2.45) is 5.14 Å². The summed E-state index contributed by atoms with van der Waals surface area (Å²) in [6.07, 6.45) is 0. The first-order chi connectivity index (χ1) is 9.70. The molecule has 0 bridgehead atoms. The Morgan fingerprint density at radius 1 is 1.00 bits per heavy atom. The highest BCUT2D eigenvalue weighted by atomic mass is 32.2. The number of nitrogens with one attached hydrogen (secondary N) is 1. The van der Waals surface area contributed by atoms with E-state index >= 15 is 0 Å². The van der Waals surface area contributed by atoms with Gasteiger partial charge in [-0.1, -0.05) is 13.8 Å². The Hall–Kier alpha value is -1.00. The fourth-order valence-corrected chi connectivity index (χ4v) is 3.31. The van der Waals surface area contributed by atoms with Crippen molar-refractivity contribution in [1.29, 1.82) is 0 Å². The molecule has 0 spiro atoms. The maximum Gasteiger partial charge on any atom is 0.240 e. The largest absolute Gasteiger partial charge is 0.303 e. The molecule has 0 amide bonds. The molecule has 0 saturated carbocycles. The Kier molecular flexibility index (Phi) is 6.29. The van der Waals surface area contributed by atoms with Gasteiger partial charge >= 0.3 is 0 Å². The van der Waals surface area contributed by atoms with E-state index in [1.807, 2.05) is 13.8 Å². The molecule has 0 heterocycles. The van der Waals surface area contributed by atoms with Gasteiger partial charge in [-0.3, -0.25) is 0 Å². The van der Waals surface area contributed by atoms with E-state index in [9.17, 15) is 16.8 Å². The standard InChI is InChI=1S/C12H21N3O4S2/c1-3-15(4-2)10-9-14-21(18,19)12-7-5-11(6-8-12)20(13,16)17/h5-8,14H,3-4,9-10H2,1-2H3,(H2,13,16,17). The summed E-state index contributed by atoms with van der Waals surface area (Å²) in [6.45, 7) is 6.61. The SMILES string of the molecule is CCN(CC)CCNS(=O)(=O)c1ccc(S(N)(=O)=O)cc1. The molecule has 1 aromatic rings. The van der Waals surface area contributed by atoms with E-state index in [1.165, 1.54) is 24.3 Å². The summed E-state index contributed by atoms with van der Waals surface area (Å²) in [7, 11) is -7.47. The molecule has 0 atom stereocenters. The highest BCUT2D eigenvalue weighted by molar-refractivity contribution is 7.89. The van der Waals surface area contributed by atoms with E-state index in [1.54, 1.807) is 0 Å². The minimum atomic E-state index is -3.82. The lowest BCUT2D eigenvalue weighted by atomic mass is 10.4. The summed E-state index contributed by atoms with van der Waals surface area (Å²) in [5, 5.41) is 4.96. The van der Waals surface area contributed by atoms with Gasteiger partial charge in [0.05, 0.1) is 9.79 Å². The van der Waals surface area contributed by atoms with Crippen LogP contribution in [0.3, 0.4) is 0 Å². The first kappa shape index (κ1) is 18.1. The van der Waals surface area contributed by atoms with Crippen LogP contribution in [0.2, 0.25) is 0 Å². The van der Waals surface area contributed by atoms with Gasteiger partial charge in [0.25, 0.3) is 0 Å². The van der Waals surface area contributed by atoms with Crippen LogP contribution in [0.1, 0.15) is 13.8 Å². The lowest BCUT2D eigenvalue weighted by molar-refractivity contribution is 0.309. The first-order valence-electron chi connectivity index (χ1n) is 6.55. The molecule has 0 aliphatic carbocycles. The number of nitrogens with two attached hydrogens (primary N) is 1. The summed E-state index contributed by atoms with van der Waals surface area (Å²) >= 11 is 0. The van der Waals surface area contributed by atoms with Gasteiger partial charge in [-0.2, -0.15) is 0 Å². The number of likely N-dealkylation sites (N-methyl/N-ethyl adjacent to an activating group) is 1. The number of sulfonamides is 2. The minimum absolute atomic E-state index is 0.00875. The fraction of sp³-hybridized carbons (Fsp3) is 0.500. The van der Waals surface area contributed by atoms with Crippen LogP contribution in [-0.2, 0) is 20.0 Å². The van der Waals surface area contributed by atoms with Crippen molar-refractivity contribution in [3.05, 3.63) is 24.3 Å². The molecule has 7 nitrogen and oxygen atoms in total. The van der Waals surface area contributed by atoms with Crippen molar-refractivity contribution < 1.29 is 16.8 Å². The molecule has 3 N–H and O–H groups in total.